The lowest BCUT2D eigenvalue weighted by Gasteiger charge is -2.24. The van der Waals surface area contributed by atoms with E-state index in [9.17, 15) is 22.8 Å². The van der Waals surface area contributed by atoms with Gasteiger partial charge in [0, 0.05) is 21.1 Å². The summed E-state index contributed by atoms with van der Waals surface area (Å²) in [6, 6.07) is 4.66. The summed E-state index contributed by atoms with van der Waals surface area (Å²) < 4.78 is 43.8. The van der Waals surface area contributed by atoms with E-state index < -0.39 is 29.5 Å². The molecule has 1 aromatic carbocycles. The topological polar surface area (TPSA) is 49.9 Å². The largest absolute Gasteiger partial charge is 0.480 e. The van der Waals surface area contributed by atoms with Crippen LogP contribution in [0.2, 0.25) is 0 Å². The molecule has 128 valence electrons. The fourth-order valence-corrected chi connectivity index (χ4v) is 1.78. The van der Waals surface area contributed by atoms with Crippen LogP contribution in [-0.4, -0.2) is 55.4 Å². The summed E-state index contributed by atoms with van der Waals surface area (Å²) in [5.74, 6) is -1.31. The molecule has 1 aromatic rings. The minimum Gasteiger partial charge on any atom is -0.480 e. The number of alkyl halides is 3. The number of rotatable bonds is 5. The molecule has 0 fully saturated rings. The van der Waals surface area contributed by atoms with Gasteiger partial charge in [-0.3, -0.25) is 9.59 Å². The lowest BCUT2D eigenvalue weighted by molar-refractivity contribution is -0.144. The number of ether oxygens (including phenoxy) is 1. The number of carbonyl (C=O) groups excluding carboxylic acids is 2. The number of amides is 2. The molecule has 1 rings (SSSR count). The second kappa shape index (κ2) is 7.34. The fraction of sp³-hybridized carbons (Fsp3) is 0.467. The average Bonchev–Trinajstić information content (AvgIpc) is 2.45. The van der Waals surface area contributed by atoms with Crippen molar-refractivity contribution in [1.82, 2.24) is 9.80 Å². The number of benzene rings is 1. The number of likely N-dealkylation sites (N-methyl/N-ethyl adjacent to an activating group) is 2. The van der Waals surface area contributed by atoms with E-state index in [0.29, 0.717) is 0 Å². The number of para-hydroxylation sites is 1. The fourth-order valence-electron chi connectivity index (χ4n) is 1.78. The van der Waals surface area contributed by atoms with Gasteiger partial charge in [-0.2, -0.15) is 13.2 Å². The summed E-state index contributed by atoms with van der Waals surface area (Å²) in [5, 5.41) is 0. The van der Waals surface area contributed by atoms with Gasteiger partial charge in [0.25, 0.3) is 5.91 Å². The quantitative estimate of drug-likeness (QED) is 0.829. The molecule has 0 spiro atoms. The van der Waals surface area contributed by atoms with E-state index in [4.69, 9.17) is 4.74 Å². The minimum absolute atomic E-state index is 0.180. The van der Waals surface area contributed by atoms with Crippen molar-refractivity contribution in [3.8, 4) is 5.75 Å². The molecule has 1 atom stereocenters. The van der Waals surface area contributed by atoms with Gasteiger partial charge in [0.1, 0.15) is 5.75 Å². The van der Waals surface area contributed by atoms with E-state index in [1.165, 1.54) is 31.0 Å². The highest BCUT2D eigenvalue weighted by Crippen LogP contribution is 2.36. The molecule has 0 saturated carbocycles. The average molecular weight is 332 g/mol. The van der Waals surface area contributed by atoms with Crippen LogP contribution in [0.15, 0.2) is 24.3 Å². The predicted octanol–water partition coefficient (Wildman–Crippen LogP) is 2.02. The molecule has 0 aliphatic heterocycles. The van der Waals surface area contributed by atoms with Crippen LogP contribution in [0.25, 0.3) is 0 Å². The Balaban J connectivity index is 2.82. The van der Waals surface area contributed by atoms with Gasteiger partial charge < -0.3 is 14.5 Å². The van der Waals surface area contributed by atoms with Crippen molar-refractivity contribution in [1.29, 1.82) is 0 Å². The second-order valence-corrected chi connectivity index (χ2v) is 5.24. The Morgan fingerprint density at radius 3 is 2.26 bits per heavy atom. The maximum Gasteiger partial charge on any atom is 0.419 e. The van der Waals surface area contributed by atoms with E-state index in [1.54, 1.807) is 14.1 Å². The van der Waals surface area contributed by atoms with Crippen LogP contribution in [0.5, 0.6) is 5.75 Å². The molecule has 0 bridgehead atoms. The van der Waals surface area contributed by atoms with Crippen LogP contribution >= 0.6 is 0 Å². The number of carbonyl (C=O) groups is 2. The first-order valence-corrected chi connectivity index (χ1v) is 6.82. The Hall–Kier alpha value is -2.25. The summed E-state index contributed by atoms with van der Waals surface area (Å²) in [4.78, 5) is 26.1. The van der Waals surface area contributed by atoms with E-state index in [-0.39, 0.29) is 12.5 Å². The first-order valence-electron chi connectivity index (χ1n) is 6.82. The standard InChI is InChI=1S/C15H19F3N2O3/c1-10(14(22)20(4)9-13(21)19(2)3)23-12-8-6-5-7-11(12)15(16,17)18/h5-8,10H,9H2,1-4H3/t10-/m1/s1. The minimum atomic E-state index is -4.58. The van der Waals surface area contributed by atoms with Crippen molar-refractivity contribution in [3.63, 3.8) is 0 Å². The third kappa shape index (κ3) is 5.15. The predicted molar refractivity (Wildman–Crippen MR) is 77.9 cm³/mol. The maximum absolute atomic E-state index is 12.9. The van der Waals surface area contributed by atoms with E-state index in [2.05, 4.69) is 0 Å². The first kappa shape index (κ1) is 18.8. The molecule has 0 N–H and O–H groups in total. The van der Waals surface area contributed by atoms with Crippen molar-refractivity contribution in [2.45, 2.75) is 19.2 Å². The van der Waals surface area contributed by atoms with Crippen molar-refractivity contribution in [2.75, 3.05) is 27.7 Å². The van der Waals surface area contributed by atoms with Crippen molar-refractivity contribution < 1.29 is 27.5 Å². The summed E-state index contributed by atoms with van der Waals surface area (Å²) >= 11 is 0. The molecule has 23 heavy (non-hydrogen) atoms. The lowest BCUT2D eigenvalue weighted by atomic mass is 10.2. The van der Waals surface area contributed by atoms with Crippen LogP contribution in [0.4, 0.5) is 13.2 Å². The molecular formula is C15H19F3N2O3. The van der Waals surface area contributed by atoms with E-state index >= 15 is 0 Å². The van der Waals surface area contributed by atoms with Crippen LogP contribution in [0.1, 0.15) is 12.5 Å². The summed E-state index contributed by atoms with van der Waals surface area (Å²) in [6.45, 7) is 1.16. The molecule has 0 saturated heterocycles. The summed E-state index contributed by atoms with van der Waals surface area (Å²) in [7, 11) is 4.47. The molecule has 0 heterocycles. The van der Waals surface area contributed by atoms with Gasteiger partial charge in [0.15, 0.2) is 6.10 Å². The van der Waals surface area contributed by atoms with Gasteiger partial charge in [-0.1, -0.05) is 12.1 Å². The number of nitrogens with zero attached hydrogens (tertiary/aromatic N) is 2. The van der Waals surface area contributed by atoms with Crippen molar-refractivity contribution >= 4 is 11.8 Å². The molecule has 0 aromatic heterocycles. The van der Waals surface area contributed by atoms with E-state index in [1.807, 2.05) is 0 Å². The molecule has 0 radical (unpaired) electrons. The van der Waals surface area contributed by atoms with Crippen LogP contribution < -0.4 is 4.74 Å². The van der Waals surface area contributed by atoms with Gasteiger partial charge in [-0.25, -0.2) is 0 Å². The zero-order valence-corrected chi connectivity index (χ0v) is 13.3. The molecule has 2 amide bonds. The SMILES string of the molecule is C[C@@H](Oc1ccccc1C(F)(F)F)C(=O)N(C)CC(=O)N(C)C. The van der Waals surface area contributed by atoms with Crippen LogP contribution in [0, 0.1) is 0 Å². The molecule has 0 aliphatic carbocycles. The highest BCUT2D eigenvalue weighted by Gasteiger charge is 2.35. The van der Waals surface area contributed by atoms with Gasteiger partial charge in [-0.05, 0) is 19.1 Å². The first-order chi connectivity index (χ1) is 10.5. The number of hydrogen-bond acceptors (Lipinski definition) is 3. The Labute approximate surface area is 132 Å². The highest BCUT2D eigenvalue weighted by atomic mass is 19.4. The van der Waals surface area contributed by atoms with Crippen LogP contribution in [0.3, 0.4) is 0 Å². The lowest BCUT2D eigenvalue weighted by Crippen LogP contribution is -2.43. The zero-order chi connectivity index (χ0) is 17.8. The molecule has 0 aliphatic rings. The third-order valence-corrected chi connectivity index (χ3v) is 3.09. The molecular weight excluding hydrogens is 313 g/mol. The number of halogens is 3. The monoisotopic (exact) mass is 332 g/mol. The Morgan fingerprint density at radius 2 is 1.74 bits per heavy atom. The third-order valence-electron chi connectivity index (χ3n) is 3.09. The van der Waals surface area contributed by atoms with E-state index in [0.717, 1.165) is 17.0 Å². The Bertz CT molecular complexity index is 573. The van der Waals surface area contributed by atoms with Crippen molar-refractivity contribution in [2.24, 2.45) is 0 Å². The van der Waals surface area contributed by atoms with Gasteiger partial charge in [0.05, 0.1) is 12.1 Å². The zero-order valence-electron chi connectivity index (χ0n) is 13.3. The molecule has 8 heteroatoms. The number of hydrogen-bond donors (Lipinski definition) is 0. The second-order valence-electron chi connectivity index (χ2n) is 5.24. The molecule has 0 unspecified atom stereocenters. The Kier molecular flexibility index (Phi) is 6.00. The van der Waals surface area contributed by atoms with Gasteiger partial charge in [0.2, 0.25) is 5.91 Å². The van der Waals surface area contributed by atoms with Crippen LogP contribution in [-0.2, 0) is 15.8 Å². The van der Waals surface area contributed by atoms with Crippen molar-refractivity contribution in [3.05, 3.63) is 29.8 Å². The maximum atomic E-state index is 12.9. The summed E-state index contributed by atoms with van der Waals surface area (Å²) in [6.07, 6.45) is -5.73. The Morgan fingerprint density at radius 1 is 1.17 bits per heavy atom. The van der Waals surface area contributed by atoms with Gasteiger partial charge in [-0.15, -0.1) is 0 Å². The molecule has 5 nitrogen and oxygen atoms in total. The summed E-state index contributed by atoms with van der Waals surface area (Å²) in [5.41, 5.74) is -0.952. The van der Waals surface area contributed by atoms with Gasteiger partial charge >= 0.3 is 6.18 Å². The normalized spacial score (nSPS) is 12.5. The smallest absolute Gasteiger partial charge is 0.419 e. The highest BCUT2D eigenvalue weighted by molar-refractivity contribution is 5.86.